The van der Waals surface area contributed by atoms with Crippen molar-refractivity contribution in [3.05, 3.63) is 50.9 Å². The van der Waals surface area contributed by atoms with Crippen LogP contribution in [0.2, 0.25) is 10.0 Å². The lowest BCUT2D eigenvalue weighted by Gasteiger charge is -2.35. The molecule has 7 heteroatoms. The maximum atomic E-state index is 12.6. The minimum absolute atomic E-state index is 0.145. The molecule has 1 aliphatic rings. The lowest BCUT2D eigenvalue weighted by Crippen LogP contribution is -2.40. The van der Waals surface area contributed by atoms with Gasteiger partial charge in [0, 0.05) is 24.0 Å². The van der Waals surface area contributed by atoms with Crippen molar-refractivity contribution in [2.45, 2.75) is 25.9 Å². The molecule has 0 aliphatic carbocycles. The first-order valence-electron chi connectivity index (χ1n) is 7.94. The van der Waals surface area contributed by atoms with E-state index in [0.29, 0.717) is 22.9 Å². The fraction of sp³-hybridized carbons (Fsp3) is 0.412. The number of hydrogen-bond acceptors (Lipinski definition) is 4. The smallest absolute Gasteiger partial charge is 0.292 e. The van der Waals surface area contributed by atoms with Gasteiger partial charge in [-0.2, -0.15) is 9.78 Å². The Balaban J connectivity index is 1.93. The van der Waals surface area contributed by atoms with Crippen molar-refractivity contribution in [2.24, 2.45) is 5.92 Å². The quantitative estimate of drug-likeness (QED) is 0.905. The number of piperidine rings is 1. The number of hydrogen-bond donors (Lipinski definition) is 1. The second kappa shape index (κ2) is 7.13. The van der Waals surface area contributed by atoms with E-state index in [4.69, 9.17) is 23.2 Å². The Bertz CT molecular complexity index is 774. The first kappa shape index (κ1) is 17.3. The topological polar surface area (TPSA) is 58.4 Å². The van der Waals surface area contributed by atoms with E-state index >= 15 is 0 Å². The highest BCUT2D eigenvalue weighted by molar-refractivity contribution is 6.33. The maximum Gasteiger partial charge on any atom is 0.292 e. The number of anilines is 1. The van der Waals surface area contributed by atoms with Crippen molar-refractivity contribution in [1.29, 1.82) is 0 Å². The summed E-state index contributed by atoms with van der Waals surface area (Å²) in [5, 5.41) is 14.8. The van der Waals surface area contributed by atoms with E-state index in [9.17, 15) is 9.90 Å². The molecule has 0 bridgehead atoms. The Morgan fingerprint density at radius 1 is 1.29 bits per heavy atom. The van der Waals surface area contributed by atoms with Crippen LogP contribution in [-0.2, 0) is 0 Å². The molecule has 1 N–H and O–H groups in total. The second-order valence-corrected chi connectivity index (χ2v) is 6.94. The Morgan fingerprint density at radius 2 is 2.00 bits per heavy atom. The summed E-state index contributed by atoms with van der Waals surface area (Å²) in [7, 11) is 0. The van der Waals surface area contributed by atoms with E-state index in [0.717, 1.165) is 19.4 Å². The Labute approximate surface area is 150 Å². The number of aliphatic hydroxyl groups excluding tert-OH is 1. The molecule has 1 aliphatic heterocycles. The zero-order valence-electron chi connectivity index (χ0n) is 13.3. The lowest BCUT2D eigenvalue weighted by molar-refractivity contribution is 0.115. The number of aliphatic hydroxyl groups is 1. The molecule has 1 aromatic heterocycles. The van der Waals surface area contributed by atoms with Crippen LogP contribution in [0.4, 0.5) is 5.69 Å². The molecule has 3 rings (SSSR count). The van der Waals surface area contributed by atoms with Gasteiger partial charge in [-0.15, -0.1) is 0 Å². The van der Waals surface area contributed by atoms with Gasteiger partial charge in [-0.3, -0.25) is 4.79 Å². The monoisotopic (exact) mass is 367 g/mol. The van der Waals surface area contributed by atoms with E-state index in [1.54, 1.807) is 37.4 Å². The highest BCUT2D eigenvalue weighted by atomic mass is 35.5. The average Bonchev–Trinajstić information content (AvgIpc) is 2.58. The Morgan fingerprint density at radius 3 is 2.67 bits per heavy atom. The molecule has 1 fully saturated rings. The molecule has 0 radical (unpaired) electrons. The first-order chi connectivity index (χ1) is 11.5. The molecule has 1 aromatic carbocycles. The Hall–Kier alpha value is -1.56. The maximum absolute atomic E-state index is 12.6. The molecule has 5 nitrogen and oxygen atoms in total. The molecule has 1 saturated heterocycles. The third kappa shape index (κ3) is 3.43. The van der Waals surface area contributed by atoms with E-state index in [1.165, 1.54) is 4.68 Å². The van der Waals surface area contributed by atoms with Crippen molar-refractivity contribution >= 4 is 28.9 Å². The molecule has 2 atom stereocenters. The summed E-state index contributed by atoms with van der Waals surface area (Å²) >= 11 is 12.2. The molecule has 0 saturated carbocycles. The van der Waals surface area contributed by atoms with Gasteiger partial charge in [-0.25, -0.2) is 0 Å². The zero-order chi connectivity index (χ0) is 17.3. The molecule has 2 unspecified atom stereocenters. The molecule has 24 heavy (non-hydrogen) atoms. The summed E-state index contributed by atoms with van der Waals surface area (Å²) in [4.78, 5) is 14.6. The third-order valence-electron chi connectivity index (χ3n) is 4.45. The minimum Gasteiger partial charge on any atom is -0.393 e. The Kier molecular flexibility index (Phi) is 5.13. The van der Waals surface area contributed by atoms with Gasteiger partial charge in [-0.05, 0) is 44.0 Å². The lowest BCUT2D eigenvalue weighted by atomic mass is 9.93. The zero-order valence-corrected chi connectivity index (χ0v) is 14.8. The van der Waals surface area contributed by atoms with Gasteiger partial charge in [0.05, 0.1) is 23.7 Å². The fourth-order valence-electron chi connectivity index (χ4n) is 3.03. The number of rotatable bonds is 3. The van der Waals surface area contributed by atoms with Crippen molar-refractivity contribution < 1.29 is 5.11 Å². The molecular weight excluding hydrogens is 349 g/mol. The van der Waals surface area contributed by atoms with Crippen LogP contribution in [0, 0.1) is 5.92 Å². The highest BCUT2D eigenvalue weighted by Crippen LogP contribution is 2.28. The normalized spacial score (nSPS) is 19.3. The summed E-state index contributed by atoms with van der Waals surface area (Å²) in [5.74, 6) is 0.175. The highest BCUT2D eigenvalue weighted by Gasteiger charge is 2.26. The van der Waals surface area contributed by atoms with Gasteiger partial charge in [0.25, 0.3) is 5.56 Å². The molecule has 0 spiro atoms. The van der Waals surface area contributed by atoms with Crippen LogP contribution < -0.4 is 10.5 Å². The number of benzene rings is 1. The third-order valence-corrected chi connectivity index (χ3v) is 5.06. The predicted octanol–water partition coefficient (Wildman–Crippen LogP) is 3.14. The van der Waals surface area contributed by atoms with Crippen LogP contribution >= 0.6 is 23.2 Å². The molecule has 128 valence electrons. The van der Waals surface area contributed by atoms with E-state index in [1.807, 2.05) is 4.90 Å². The average molecular weight is 368 g/mol. The van der Waals surface area contributed by atoms with E-state index in [2.05, 4.69) is 5.10 Å². The largest absolute Gasteiger partial charge is 0.393 e. The summed E-state index contributed by atoms with van der Waals surface area (Å²) < 4.78 is 1.26. The van der Waals surface area contributed by atoms with Crippen molar-refractivity contribution in [1.82, 2.24) is 9.78 Å². The molecular formula is C17H19Cl2N3O2. The van der Waals surface area contributed by atoms with Gasteiger partial charge in [-0.1, -0.05) is 23.2 Å². The van der Waals surface area contributed by atoms with Gasteiger partial charge < -0.3 is 10.0 Å². The molecule has 0 amide bonds. The predicted molar refractivity (Wildman–Crippen MR) is 96.5 cm³/mol. The summed E-state index contributed by atoms with van der Waals surface area (Å²) in [6.07, 6.45) is 3.16. The molecule has 2 aromatic rings. The van der Waals surface area contributed by atoms with Crippen molar-refractivity contribution in [3.63, 3.8) is 0 Å². The van der Waals surface area contributed by atoms with Crippen LogP contribution in [0.1, 0.15) is 19.8 Å². The molecule has 2 heterocycles. The summed E-state index contributed by atoms with van der Waals surface area (Å²) in [6.45, 7) is 3.27. The van der Waals surface area contributed by atoms with Crippen molar-refractivity contribution in [3.8, 4) is 5.69 Å². The van der Waals surface area contributed by atoms with Gasteiger partial charge in [0.1, 0.15) is 5.02 Å². The van der Waals surface area contributed by atoms with Gasteiger partial charge in [0.2, 0.25) is 0 Å². The second-order valence-electron chi connectivity index (χ2n) is 6.13. The van der Waals surface area contributed by atoms with Gasteiger partial charge >= 0.3 is 0 Å². The standard InChI is InChI=1S/C17H19Cl2N3O2/c1-11(23)12-3-2-8-21(10-12)15-9-20-22(17(24)16(15)19)14-6-4-13(18)5-7-14/h4-7,9,11-12,23H,2-3,8,10H2,1H3. The number of nitrogens with zero attached hydrogens (tertiary/aromatic N) is 3. The van der Waals surface area contributed by atoms with Crippen LogP contribution in [0.25, 0.3) is 5.69 Å². The SMILES string of the molecule is CC(O)C1CCCN(c2cnn(-c3ccc(Cl)cc3)c(=O)c2Cl)C1. The minimum atomic E-state index is -0.381. The van der Waals surface area contributed by atoms with Crippen LogP contribution in [0.5, 0.6) is 0 Å². The summed E-state index contributed by atoms with van der Waals surface area (Å²) in [5.41, 5.74) is 0.867. The van der Waals surface area contributed by atoms with Crippen molar-refractivity contribution in [2.75, 3.05) is 18.0 Å². The number of aromatic nitrogens is 2. The summed E-state index contributed by atoms with van der Waals surface area (Å²) in [6, 6.07) is 6.84. The van der Waals surface area contributed by atoms with Gasteiger partial charge in [0.15, 0.2) is 0 Å². The van der Waals surface area contributed by atoms with E-state index < -0.39 is 0 Å². The first-order valence-corrected chi connectivity index (χ1v) is 8.69. The number of halogens is 2. The van der Waals surface area contributed by atoms with Crippen LogP contribution in [-0.4, -0.2) is 34.1 Å². The fourth-order valence-corrected chi connectivity index (χ4v) is 3.41. The van der Waals surface area contributed by atoms with Crippen LogP contribution in [0.15, 0.2) is 35.3 Å². The van der Waals surface area contributed by atoms with Crippen LogP contribution in [0.3, 0.4) is 0 Å². The van der Waals surface area contributed by atoms with E-state index in [-0.39, 0.29) is 22.6 Å².